The predicted octanol–water partition coefficient (Wildman–Crippen LogP) is 2.29. The van der Waals surface area contributed by atoms with E-state index in [2.05, 4.69) is 21.2 Å². The van der Waals surface area contributed by atoms with Crippen molar-refractivity contribution in [2.24, 2.45) is 0 Å². The summed E-state index contributed by atoms with van der Waals surface area (Å²) in [6.45, 7) is 0.436. The fraction of sp³-hybridized carbons (Fsp3) is 0.286. The van der Waals surface area contributed by atoms with Gasteiger partial charge in [-0.05, 0) is 28.1 Å². The van der Waals surface area contributed by atoms with E-state index in [1.165, 1.54) is 0 Å². The molecule has 1 aromatic rings. The Morgan fingerprint density at radius 1 is 1.67 bits per heavy atom. The Kier molecular flexibility index (Phi) is 2.06. The average Bonchev–Trinajstić information content (AvgIpc) is 2.58. The average molecular weight is 248 g/mol. The van der Waals surface area contributed by atoms with E-state index in [1.54, 1.807) is 11.3 Å². The van der Waals surface area contributed by atoms with Gasteiger partial charge in [-0.3, -0.25) is 0 Å². The number of halogens is 1. The number of hydrogen-bond donors (Lipinski definition) is 1. The molecule has 0 bridgehead atoms. The predicted molar refractivity (Wildman–Crippen MR) is 49.2 cm³/mol. The summed E-state index contributed by atoms with van der Waals surface area (Å²) in [7, 11) is 0. The monoisotopic (exact) mass is 247 g/mol. The Morgan fingerprint density at radius 3 is 3.00 bits per heavy atom. The first-order valence-corrected chi connectivity index (χ1v) is 5.05. The number of ether oxygens (including phenoxy) is 1. The molecule has 0 aromatic carbocycles. The minimum absolute atomic E-state index is 0.0359. The lowest BCUT2D eigenvalue weighted by atomic mass is 10.3. The molecule has 5 heteroatoms. The van der Waals surface area contributed by atoms with E-state index in [-0.39, 0.29) is 12.1 Å². The van der Waals surface area contributed by atoms with E-state index < -0.39 is 0 Å². The first kappa shape index (κ1) is 8.07. The summed E-state index contributed by atoms with van der Waals surface area (Å²) in [5, 5.41) is 2.71. The molecule has 2 rings (SSSR count). The van der Waals surface area contributed by atoms with Crippen LogP contribution in [0, 0.1) is 0 Å². The van der Waals surface area contributed by atoms with E-state index >= 15 is 0 Å². The summed E-state index contributed by atoms with van der Waals surface area (Å²) < 4.78 is 5.84. The van der Waals surface area contributed by atoms with Crippen molar-refractivity contribution >= 4 is 33.4 Å². The van der Waals surface area contributed by atoms with Gasteiger partial charge in [0.15, 0.2) is 0 Å². The van der Waals surface area contributed by atoms with E-state index in [0.29, 0.717) is 6.61 Å². The molecule has 0 unspecified atom stereocenters. The zero-order valence-corrected chi connectivity index (χ0v) is 8.44. The van der Waals surface area contributed by atoms with E-state index in [0.717, 1.165) is 8.66 Å². The maximum atomic E-state index is 10.7. The zero-order valence-electron chi connectivity index (χ0n) is 6.04. The van der Waals surface area contributed by atoms with Gasteiger partial charge >= 0.3 is 6.09 Å². The number of nitrogens with one attached hydrogen (secondary N) is 1. The minimum Gasteiger partial charge on any atom is -0.447 e. The molecule has 64 valence electrons. The van der Waals surface area contributed by atoms with Crippen molar-refractivity contribution in [1.82, 2.24) is 5.32 Å². The highest BCUT2D eigenvalue weighted by atomic mass is 79.9. The number of cyclic esters (lactones) is 1. The summed E-state index contributed by atoms with van der Waals surface area (Å²) in [4.78, 5) is 11.8. The first-order valence-electron chi connectivity index (χ1n) is 3.44. The second kappa shape index (κ2) is 3.06. The summed E-state index contributed by atoms with van der Waals surface area (Å²) in [6, 6.07) is 3.98. The number of thiophene rings is 1. The Labute approximate surface area is 81.9 Å². The lowest BCUT2D eigenvalue weighted by Crippen LogP contribution is -2.17. The molecule has 1 amide bonds. The molecule has 1 atom stereocenters. The van der Waals surface area contributed by atoms with Crippen LogP contribution in [0.25, 0.3) is 0 Å². The topological polar surface area (TPSA) is 38.3 Å². The van der Waals surface area contributed by atoms with Crippen molar-refractivity contribution in [3.63, 3.8) is 0 Å². The minimum atomic E-state index is -0.329. The largest absolute Gasteiger partial charge is 0.447 e. The summed E-state index contributed by atoms with van der Waals surface area (Å²) in [5.74, 6) is 0. The maximum absolute atomic E-state index is 10.7. The molecule has 2 heterocycles. The lowest BCUT2D eigenvalue weighted by molar-refractivity contribution is 0.177. The molecule has 1 aromatic heterocycles. The molecular formula is C7H6BrNO2S. The number of hydrogen-bond acceptors (Lipinski definition) is 3. The van der Waals surface area contributed by atoms with Crippen LogP contribution < -0.4 is 5.32 Å². The highest BCUT2D eigenvalue weighted by molar-refractivity contribution is 9.11. The first-order chi connectivity index (χ1) is 5.75. The van der Waals surface area contributed by atoms with Crippen molar-refractivity contribution in [3.05, 3.63) is 20.8 Å². The van der Waals surface area contributed by atoms with Gasteiger partial charge < -0.3 is 10.1 Å². The fourth-order valence-corrected chi connectivity index (χ4v) is 2.51. The van der Waals surface area contributed by atoms with Crippen LogP contribution in [-0.2, 0) is 4.74 Å². The molecule has 1 aliphatic rings. The molecule has 1 fully saturated rings. The maximum Gasteiger partial charge on any atom is 0.407 e. The van der Waals surface area contributed by atoms with E-state index in [4.69, 9.17) is 4.74 Å². The van der Waals surface area contributed by atoms with Gasteiger partial charge in [-0.1, -0.05) is 0 Å². The number of carbonyl (C=O) groups excluding carboxylic acids is 1. The van der Waals surface area contributed by atoms with Crippen LogP contribution >= 0.6 is 27.3 Å². The van der Waals surface area contributed by atoms with Crippen LogP contribution in [0.3, 0.4) is 0 Å². The molecule has 0 aliphatic carbocycles. The highest BCUT2D eigenvalue weighted by Crippen LogP contribution is 2.29. The van der Waals surface area contributed by atoms with Gasteiger partial charge in [0.05, 0.1) is 3.79 Å². The van der Waals surface area contributed by atoms with E-state index in [1.807, 2.05) is 12.1 Å². The van der Waals surface area contributed by atoms with Crippen molar-refractivity contribution in [3.8, 4) is 0 Å². The Morgan fingerprint density at radius 2 is 2.50 bits per heavy atom. The van der Waals surface area contributed by atoms with Gasteiger partial charge in [0.1, 0.15) is 12.6 Å². The number of amides is 1. The molecular weight excluding hydrogens is 242 g/mol. The number of rotatable bonds is 1. The Bertz CT molecular complexity index is 312. The van der Waals surface area contributed by atoms with E-state index in [9.17, 15) is 4.79 Å². The SMILES string of the molecule is O=C1N[C@H](c2ccc(Br)s2)CO1. The molecule has 0 saturated carbocycles. The van der Waals surface area contributed by atoms with Gasteiger partial charge in [0, 0.05) is 4.88 Å². The lowest BCUT2D eigenvalue weighted by Gasteiger charge is -2.01. The molecule has 1 aliphatic heterocycles. The smallest absolute Gasteiger partial charge is 0.407 e. The summed E-state index contributed by atoms with van der Waals surface area (Å²) in [6.07, 6.45) is -0.329. The standard InChI is InChI=1S/C7H6BrNO2S/c8-6-2-1-5(12-6)4-3-11-7(10)9-4/h1-2,4H,3H2,(H,9,10)/t4-/m0/s1. The van der Waals surface area contributed by atoms with Crippen LogP contribution in [0.15, 0.2) is 15.9 Å². The van der Waals surface area contributed by atoms with Crippen LogP contribution in [0.5, 0.6) is 0 Å². The fourth-order valence-electron chi connectivity index (χ4n) is 1.05. The normalized spacial score (nSPS) is 22.1. The third-order valence-electron chi connectivity index (χ3n) is 1.61. The second-order valence-electron chi connectivity index (χ2n) is 2.44. The molecule has 12 heavy (non-hydrogen) atoms. The highest BCUT2D eigenvalue weighted by Gasteiger charge is 2.24. The second-order valence-corrected chi connectivity index (χ2v) is 4.93. The van der Waals surface area contributed by atoms with Gasteiger partial charge in [-0.2, -0.15) is 0 Å². The van der Waals surface area contributed by atoms with Gasteiger partial charge in [0.2, 0.25) is 0 Å². The molecule has 1 saturated heterocycles. The van der Waals surface area contributed by atoms with Crippen LogP contribution in [0.2, 0.25) is 0 Å². The van der Waals surface area contributed by atoms with Gasteiger partial charge in [0.25, 0.3) is 0 Å². The quantitative estimate of drug-likeness (QED) is 0.828. The third-order valence-corrected chi connectivity index (χ3v) is 3.35. The van der Waals surface area contributed by atoms with Crippen molar-refractivity contribution in [2.75, 3.05) is 6.61 Å². The zero-order chi connectivity index (χ0) is 8.55. The molecule has 0 radical (unpaired) electrons. The Balaban J connectivity index is 2.15. The van der Waals surface area contributed by atoms with Gasteiger partial charge in [-0.15, -0.1) is 11.3 Å². The van der Waals surface area contributed by atoms with Crippen LogP contribution in [0.4, 0.5) is 4.79 Å². The molecule has 1 N–H and O–H groups in total. The third kappa shape index (κ3) is 1.47. The van der Waals surface area contributed by atoms with Crippen molar-refractivity contribution in [1.29, 1.82) is 0 Å². The summed E-state index contributed by atoms with van der Waals surface area (Å²) in [5.41, 5.74) is 0. The Hall–Kier alpha value is -0.550. The number of alkyl carbamates (subject to hydrolysis) is 1. The summed E-state index contributed by atoms with van der Waals surface area (Å²) >= 11 is 4.97. The van der Waals surface area contributed by atoms with Crippen molar-refractivity contribution in [2.45, 2.75) is 6.04 Å². The van der Waals surface area contributed by atoms with Gasteiger partial charge in [-0.25, -0.2) is 4.79 Å². The van der Waals surface area contributed by atoms with Crippen LogP contribution in [-0.4, -0.2) is 12.7 Å². The van der Waals surface area contributed by atoms with Crippen molar-refractivity contribution < 1.29 is 9.53 Å². The molecule has 0 spiro atoms. The van der Waals surface area contributed by atoms with Crippen LogP contribution in [0.1, 0.15) is 10.9 Å². The molecule has 3 nitrogen and oxygen atoms in total. The number of carbonyl (C=O) groups is 1.